The molecule has 0 bridgehead atoms. The quantitative estimate of drug-likeness (QED) is 0.839. The number of halogens is 2. The maximum absolute atomic E-state index is 12.3. The SMILES string of the molecule is CC(C)CS(=O)(=O)C1CN(C(=O)c2ccc(Cl)cc2Cl)C1. The van der Waals surface area contributed by atoms with Gasteiger partial charge in [-0.1, -0.05) is 37.0 Å². The summed E-state index contributed by atoms with van der Waals surface area (Å²) in [5.41, 5.74) is 0.348. The van der Waals surface area contributed by atoms with Crippen LogP contribution in [0.2, 0.25) is 10.0 Å². The van der Waals surface area contributed by atoms with Crippen molar-refractivity contribution in [2.45, 2.75) is 19.1 Å². The van der Waals surface area contributed by atoms with E-state index in [1.54, 1.807) is 12.1 Å². The van der Waals surface area contributed by atoms with Gasteiger partial charge in [-0.05, 0) is 24.1 Å². The number of hydrogen-bond acceptors (Lipinski definition) is 3. The zero-order chi connectivity index (χ0) is 15.8. The van der Waals surface area contributed by atoms with E-state index in [1.807, 2.05) is 13.8 Å². The molecule has 0 radical (unpaired) electrons. The number of likely N-dealkylation sites (tertiary alicyclic amines) is 1. The van der Waals surface area contributed by atoms with Gasteiger partial charge in [-0.25, -0.2) is 8.42 Å². The van der Waals surface area contributed by atoms with Gasteiger partial charge in [-0.2, -0.15) is 0 Å². The van der Waals surface area contributed by atoms with E-state index in [1.165, 1.54) is 11.0 Å². The van der Waals surface area contributed by atoms with E-state index < -0.39 is 15.1 Å². The average molecular weight is 350 g/mol. The minimum absolute atomic E-state index is 0.0884. The predicted octanol–water partition coefficient (Wildman–Crippen LogP) is 2.89. The molecule has 0 aliphatic carbocycles. The van der Waals surface area contributed by atoms with Crippen molar-refractivity contribution in [3.8, 4) is 0 Å². The lowest BCUT2D eigenvalue weighted by Gasteiger charge is -2.39. The van der Waals surface area contributed by atoms with Crippen LogP contribution >= 0.6 is 23.2 Å². The molecule has 0 atom stereocenters. The Morgan fingerprint density at radius 3 is 2.48 bits per heavy atom. The van der Waals surface area contributed by atoms with Crippen LogP contribution in [0.3, 0.4) is 0 Å². The summed E-state index contributed by atoms with van der Waals surface area (Å²) in [7, 11) is -3.14. The third-order valence-corrected chi connectivity index (χ3v) is 6.36. The molecule has 7 heteroatoms. The molecule has 4 nitrogen and oxygen atoms in total. The zero-order valence-electron chi connectivity index (χ0n) is 11.8. The second-order valence-corrected chi connectivity index (χ2v) is 8.85. The molecule has 21 heavy (non-hydrogen) atoms. The van der Waals surface area contributed by atoms with Crippen molar-refractivity contribution < 1.29 is 13.2 Å². The monoisotopic (exact) mass is 349 g/mol. The van der Waals surface area contributed by atoms with Crippen LogP contribution in [0.5, 0.6) is 0 Å². The maximum Gasteiger partial charge on any atom is 0.255 e. The van der Waals surface area contributed by atoms with Crippen molar-refractivity contribution in [2.24, 2.45) is 5.92 Å². The van der Waals surface area contributed by atoms with Gasteiger partial charge in [-0.15, -0.1) is 0 Å². The molecule has 116 valence electrons. The topological polar surface area (TPSA) is 54.5 Å². The zero-order valence-corrected chi connectivity index (χ0v) is 14.2. The number of rotatable bonds is 4. The molecule has 1 aliphatic rings. The fraction of sp³-hybridized carbons (Fsp3) is 0.500. The van der Waals surface area contributed by atoms with Crippen molar-refractivity contribution in [1.29, 1.82) is 0 Å². The lowest BCUT2D eigenvalue weighted by atomic mass is 10.1. The summed E-state index contributed by atoms with van der Waals surface area (Å²) in [6.45, 7) is 4.19. The molecule has 2 rings (SSSR count). The van der Waals surface area contributed by atoms with Crippen LogP contribution in [0.4, 0.5) is 0 Å². The fourth-order valence-electron chi connectivity index (χ4n) is 2.27. The highest BCUT2D eigenvalue weighted by molar-refractivity contribution is 7.92. The maximum atomic E-state index is 12.3. The van der Waals surface area contributed by atoms with E-state index in [-0.39, 0.29) is 35.7 Å². The summed E-state index contributed by atoms with van der Waals surface area (Å²) in [6, 6.07) is 4.65. The summed E-state index contributed by atoms with van der Waals surface area (Å²) >= 11 is 11.8. The molecule has 0 N–H and O–H groups in total. The van der Waals surface area contributed by atoms with Crippen molar-refractivity contribution >= 4 is 38.9 Å². The van der Waals surface area contributed by atoms with Crippen molar-refractivity contribution in [1.82, 2.24) is 4.90 Å². The first kappa shape index (κ1) is 16.6. The third-order valence-electron chi connectivity index (χ3n) is 3.37. The Kier molecular flexibility index (Phi) is 4.85. The van der Waals surface area contributed by atoms with E-state index in [0.717, 1.165) is 0 Å². The van der Waals surface area contributed by atoms with Gasteiger partial charge < -0.3 is 4.90 Å². The Balaban J connectivity index is 2.03. The van der Waals surface area contributed by atoms with E-state index in [4.69, 9.17) is 23.2 Å². The first-order valence-corrected chi connectivity index (χ1v) is 9.13. The lowest BCUT2D eigenvalue weighted by Crippen LogP contribution is -2.57. The number of nitrogens with zero attached hydrogens (tertiary/aromatic N) is 1. The largest absolute Gasteiger partial charge is 0.336 e. The highest BCUT2D eigenvalue weighted by Gasteiger charge is 2.40. The van der Waals surface area contributed by atoms with Crippen molar-refractivity contribution in [3.63, 3.8) is 0 Å². The second kappa shape index (κ2) is 6.15. The summed E-state index contributed by atoms with van der Waals surface area (Å²) in [5, 5.41) is 0.272. The molecule has 1 aromatic carbocycles. The van der Waals surface area contributed by atoms with Crippen LogP contribution in [-0.2, 0) is 9.84 Å². The molecule has 1 saturated heterocycles. The Hall–Kier alpha value is -0.780. The molecule has 0 saturated carbocycles. The molecule has 1 aromatic rings. The standard InChI is InChI=1S/C14H17Cl2NO3S/c1-9(2)8-21(19,20)11-6-17(7-11)14(18)12-4-3-10(15)5-13(12)16/h3-5,9,11H,6-8H2,1-2H3. The minimum Gasteiger partial charge on any atom is -0.336 e. The molecular weight excluding hydrogens is 333 g/mol. The molecule has 1 aliphatic heterocycles. The van der Waals surface area contributed by atoms with Crippen LogP contribution < -0.4 is 0 Å². The Morgan fingerprint density at radius 2 is 1.95 bits per heavy atom. The van der Waals surface area contributed by atoms with Gasteiger partial charge in [0.25, 0.3) is 5.91 Å². The van der Waals surface area contributed by atoms with Crippen LogP contribution in [0.25, 0.3) is 0 Å². The first-order valence-electron chi connectivity index (χ1n) is 6.66. The van der Waals surface area contributed by atoms with Crippen LogP contribution in [0.15, 0.2) is 18.2 Å². The smallest absolute Gasteiger partial charge is 0.255 e. The fourth-order valence-corrected chi connectivity index (χ4v) is 4.77. The number of carbonyl (C=O) groups is 1. The molecule has 1 heterocycles. The van der Waals surface area contributed by atoms with Gasteiger partial charge in [-0.3, -0.25) is 4.79 Å². The summed E-state index contributed by atoms with van der Waals surface area (Å²) < 4.78 is 24.1. The van der Waals surface area contributed by atoms with E-state index in [9.17, 15) is 13.2 Å². The Morgan fingerprint density at radius 1 is 1.33 bits per heavy atom. The van der Waals surface area contributed by atoms with Crippen molar-refractivity contribution in [2.75, 3.05) is 18.8 Å². The van der Waals surface area contributed by atoms with Gasteiger partial charge in [0.15, 0.2) is 9.84 Å². The van der Waals surface area contributed by atoms with Crippen LogP contribution in [0.1, 0.15) is 24.2 Å². The Bertz CT molecular complexity index is 652. The third kappa shape index (κ3) is 3.71. The van der Waals surface area contributed by atoms with Crippen LogP contribution in [0, 0.1) is 5.92 Å². The minimum atomic E-state index is -3.14. The number of hydrogen-bond donors (Lipinski definition) is 0. The summed E-state index contributed by atoms with van der Waals surface area (Å²) in [5.74, 6) is -0.0142. The highest BCUT2D eigenvalue weighted by Crippen LogP contribution is 2.26. The Labute approximate surface area is 134 Å². The number of amides is 1. The van der Waals surface area contributed by atoms with Crippen molar-refractivity contribution in [3.05, 3.63) is 33.8 Å². The number of carbonyl (C=O) groups excluding carboxylic acids is 1. The average Bonchev–Trinajstić information content (AvgIpc) is 2.23. The van der Waals surface area contributed by atoms with Gasteiger partial charge in [0, 0.05) is 18.1 Å². The molecule has 0 aromatic heterocycles. The van der Waals surface area contributed by atoms with Crippen LogP contribution in [-0.4, -0.2) is 43.3 Å². The lowest BCUT2D eigenvalue weighted by molar-refractivity contribution is 0.0659. The predicted molar refractivity (Wildman–Crippen MR) is 84.8 cm³/mol. The summed E-state index contributed by atoms with van der Waals surface area (Å²) in [6.07, 6.45) is 0. The van der Waals surface area contributed by atoms with E-state index in [0.29, 0.717) is 10.6 Å². The molecular formula is C14H17Cl2NO3S. The first-order chi connectivity index (χ1) is 9.70. The van der Waals surface area contributed by atoms with Gasteiger partial charge >= 0.3 is 0 Å². The van der Waals surface area contributed by atoms with Gasteiger partial charge in [0.1, 0.15) is 0 Å². The van der Waals surface area contributed by atoms with E-state index in [2.05, 4.69) is 0 Å². The molecule has 0 unspecified atom stereocenters. The number of benzene rings is 1. The second-order valence-electron chi connectivity index (χ2n) is 5.68. The number of sulfone groups is 1. The van der Waals surface area contributed by atoms with Gasteiger partial charge in [0.05, 0.1) is 21.6 Å². The molecule has 1 amide bonds. The molecule has 0 spiro atoms. The van der Waals surface area contributed by atoms with Gasteiger partial charge in [0.2, 0.25) is 0 Å². The normalized spacial score (nSPS) is 16.1. The van der Waals surface area contributed by atoms with E-state index >= 15 is 0 Å². The highest BCUT2D eigenvalue weighted by atomic mass is 35.5. The molecule has 1 fully saturated rings. The summed E-state index contributed by atoms with van der Waals surface area (Å²) in [4.78, 5) is 13.8.